The molecule has 2 aliphatic rings. The van der Waals surface area contributed by atoms with Crippen molar-refractivity contribution < 1.29 is 19.7 Å². The van der Waals surface area contributed by atoms with Crippen LogP contribution in [-0.4, -0.2) is 60.1 Å². The third-order valence-corrected chi connectivity index (χ3v) is 7.01. The molecule has 1 atom stereocenters. The van der Waals surface area contributed by atoms with E-state index in [1.807, 2.05) is 12.1 Å². The molecule has 0 bridgehead atoms. The Morgan fingerprint density at radius 1 is 1.35 bits per heavy atom. The fourth-order valence-electron chi connectivity index (χ4n) is 4.12. The normalized spacial score (nSPS) is 19.8. The highest BCUT2D eigenvalue weighted by atomic mass is 35.5. The second kappa shape index (κ2) is 7.74. The average Bonchev–Trinajstić information content (AvgIpc) is 3.37. The zero-order valence-electron chi connectivity index (χ0n) is 16.3. The number of aliphatic carboxylic acids is 1. The second-order valence-electron chi connectivity index (χ2n) is 7.69. The Bertz CT molecular complexity index is 1130. The summed E-state index contributed by atoms with van der Waals surface area (Å²) < 4.78 is 6.34. The predicted molar refractivity (Wildman–Crippen MR) is 112 cm³/mol. The van der Waals surface area contributed by atoms with Crippen LogP contribution in [0.25, 0.3) is 10.7 Å². The fourth-order valence-corrected chi connectivity index (χ4v) is 5.30. The van der Waals surface area contributed by atoms with Crippen molar-refractivity contribution in [3.05, 3.63) is 35.0 Å². The van der Waals surface area contributed by atoms with Crippen molar-refractivity contribution in [3.63, 3.8) is 0 Å². The van der Waals surface area contributed by atoms with Gasteiger partial charge in [-0.1, -0.05) is 29.0 Å². The van der Waals surface area contributed by atoms with Crippen LogP contribution in [0.15, 0.2) is 24.4 Å². The van der Waals surface area contributed by atoms with Crippen molar-refractivity contribution in [2.24, 2.45) is 0 Å². The molecule has 1 aromatic carbocycles. The van der Waals surface area contributed by atoms with Crippen LogP contribution in [0.4, 0.5) is 5.13 Å². The van der Waals surface area contributed by atoms with Crippen molar-refractivity contribution in [3.8, 4) is 16.5 Å². The van der Waals surface area contributed by atoms with Crippen molar-refractivity contribution >= 4 is 34.0 Å². The van der Waals surface area contributed by atoms with E-state index in [0.29, 0.717) is 28.6 Å². The Morgan fingerprint density at radius 3 is 2.94 bits per heavy atom. The number of anilines is 1. The van der Waals surface area contributed by atoms with Gasteiger partial charge in [-0.2, -0.15) is 4.80 Å². The van der Waals surface area contributed by atoms with Gasteiger partial charge in [0.1, 0.15) is 11.4 Å². The van der Waals surface area contributed by atoms with E-state index in [1.165, 1.54) is 11.3 Å². The van der Waals surface area contributed by atoms with E-state index in [4.69, 9.17) is 21.4 Å². The maximum absolute atomic E-state index is 10.8. The van der Waals surface area contributed by atoms with Crippen molar-refractivity contribution in [1.29, 1.82) is 0 Å². The predicted octanol–water partition coefficient (Wildman–Crippen LogP) is 2.39. The maximum Gasteiger partial charge on any atom is 0.327 e. The molecule has 0 aliphatic carbocycles. The Balaban J connectivity index is 1.27. The molecule has 31 heavy (non-hydrogen) atoms. The fraction of sp³-hybridized carbons (Fsp3) is 0.421. The Labute approximate surface area is 186 Å². The van der Waals surface area contributed by atoms with Gasteiger partial charge in [-0.15, -0.1) is 10.2 Å². The molecule has 1 spiro atoms. The summed E-state index contributed by atoms with van der Waals surface area (Å²) in [6.07, 6.45) is 3.04. The Morgan fingerprint density at radius 2 is 2.16 bits per heavy atom. The number of thiazole rings is 1. The zero-order valence-corrected chi connectivity index (χ0v) is 17.9. The van der Waals surface area contributed by atoms with Crippen molar-refractivity contribution in [1.82, 2.24) is 25.2 Å². The second-order valence-corrected chi connectivity index (χ2v) is 9.10. The molecule has 3 aromatic rings. The van der Waals surface area contributed by atoms with Gasteiger partial charge in [0, 0.05) is 37.9 Å². The number of rotatable bonds is 4. The van der Waals surface area contributed by atoms with Crippen molar-refractivity contribution in [2.75, 3.05) is 18.0 Å². The van der Waals surface area contributed by atoms with E-state index in [2.05, 4.69) is 25.3 Å². The highest BCUT2D eigenvalue weighted by Gasteiger charge is 2.44. The van der Waals surface area contributed by atoms with Gasteiger partial charge in [-0.05, 0) is 17.3 Å². The number of aromatic nitrogens is 5. The van der Waals surface area contributed by atoms with Gasteiger partial charge in [0.15, 0.2) is 11.7 Å². The number of hydrogen-bond donors (Lipinski definition) is 2. The van der Waals surface area contributed by atoms with Gasteiger partial charge in [0.05, 0.1) is 22.2 Å². The largest absolute Gasteiger partial charge is 0.487 e. The summed E-state index contributed by atoms with van der Waals surface area (Å²) in [6, 6.07) is 5.46. The minimum atomic E-state index is -1.03. The lowest BCUT2D eigenvalue weighted by Crippen LogP contribution is -2.50. The molecule has 2 N–H and O–H groups in total. The van der Waals surface area contributed by atoms with Gasteiger partial charge >= 0.3 is 5.97 Å². The lowest BCUT2D eigenvalue weighted by atomic mass is 9.82. The summed E-state index contributed by atoms with van der Waals surface area (Å²) in [7, 11) is 0. The first-order valence-electron chi connectivity index (χ1n) is 9.79. The molecule has 162 valence electrons. The van der Waals surface area contributed by atoms with Gasteiger partial charge in [-0.3, -0.25) is 4.79 Å². The highest BCUT2D eigenvalue weighted by molar-refractivity contribution is 7.18. The smallest absolute Gasteiger partial charge is 0.327 e. The van der Waals surface area contributed by atoms with E-state index < -0.39 is 17.7 Å². The molecular formula is C19H19ClN6O4S. The average molecular weight is 463 g/mol. The number of carboxylic acid groups (broad SMARTS) is 1. The van der Waals surface area contributed by atoms with E-state index >= 15 is 0 Å². The lowest BCUT2D eigenvalue weighted by molar-refractivity contribution is -0.138. The van der Waals surface area contributed by atoms with Gasteiger partial charge in [0.2, 0.25) is 5.82 Å². The van der Waals surface area contributed by atoms with Crippen LogP contribution in [0, 0.1) is 0 Å². The third-order valence-electron chi connectivity index (χ3n) is 5.63. The number of carboxylic acids is 1. The van der Waals surface area contributed by atoms with E-state index in [1.54, 1.807) is 12.3 Å². The first-order chi connectivity index (χ1) is 14.9. The van der Waals surface area contributed by atoms with Crippen LogP contribution >= 0.6 is 22.9 Å². The summed E-state index contributed by atoms with van der Waals surface area (Å²) in [5.41, 5.74) is 0.250. The number of halogens is 1. The molecule has 0 radical (unpaired) electrons. The number of tetrazole rings is 1. The van der Waals surface area contributed by atoms with E-state index in [0.717, 1.165) is 40.7 Å². The molecule has 1 unspecified atom stereocenters. The summed E-state index contributed by atoms with van der Waals surface area (Å²) in [5.74, 6) is -0.0198. The molecule has 0 saturated carbocycles. The number of aliphatic hydroxyl groups excluding tert-OH is 1. The van der Waals surface area contributed by atoms with E-state index in [9.17, 15) is 9.90 Å². The van der Waals surface area contributed by atoms with Crippen LogP contribution < -0.4 is 9.64 Å². The molecule has 12 heteroatoms. The number of piperidine rings is 1. The van der Waals surface area contributed by atoms with Gasteiger partial charge in [0.25, 0.3) is 0 Å². The van der Waals surface area contributed by atoms with Gasteiger partial charge in [-0.25, -0.2) is 4.98 Å². The molecule has 2 aromatic heterocycles. The topological polar surface area (TPSA) is 126 Å². The number of nitrogens with zero attached hydrogens (tertiary/aromatic N) is 6. The lowest BCUT2D eigenvalue weighted by Gasteiger charge is -2.46. The Hall–Kier alpha value is -2.76. The number of benzene rings is 1. The first-order valence-corrected chi connectivity index (χ1v) is 11.0. The maximum atomic E-state index is 10.8. The zero-order chi connectivity index (χ0) is 21.6. The number of carbonyl (C=O) groups is 1. The first kappa shape index (κ1) is 20.2. The summed E-state index contributed by atoms with van der Waals surface area (Å²) in [4.78, 5) is 19.2. The standard InChI is InChI=1S/C19H19ClN6O4S/c20-11-2-1-3-13-16(11)12(27)8-19(30-13)4-6-25(7-5-19)18-21-9-14(31-18)17-22-24-26(23-17)10-15(28)29/h1-3,9,12,27H,4-8,10H2,(H,28,29). The number of fused-ring (bicyclic) bond motifs is 1. The summed E-state index contributed by atoms with van der Waals surface area (Å²) in [6.45, 7) is 1.12. The number of aliphatic hydroxyl groups is 1. The summed E-state index contributed by atoms with van der Waals surface area (Å²) in [5, 5.41) is 32.6. The van der Waals surface area contributed by atoms with Crippen LogP contribution in [0.2, 0.25) is 5.02 Å². The molecule has 1 saturated heterocycles. The van der Waals surface area contributed by atoms with Gasteiger partial charge < -0.3 is 19.8 Å². The minimum absolute atomic E-state index is 0.340. The molecule has 10 nitrogen and oxygen atoms in total. The summed E-state index contributed by atoms with van der Waals surface area (Å²) >= 11 is 7.68. The SMILES string of the molecule is O=C(O)Cn1nnc(-c2cnc(N3CCC4(CC3)CC(O)c3c(Cl)cccc3O4)s2)n1. The molecule has 4 heterocycles. The van der Waals surface area contributed by atoms with Crippen LogP contribution in [0.5, 0.6) is 5.75 Å². The van der Waals surface area contributed by atoms with Crippen LogP contribution in [0.1, 0.15) is 30.9 Å². The number of hydrogen-bond acceptors (Lipinski definition) is 9. The van der Waals surface area contributed by atoms with Crippen LogP contribution in [0.3, 0.4) is 0 Å². The van der Waals surface area contributed by atoms with Crippen molar-refractivity contribution in [2.45, 2.75) is 37.5 Å². The van der Waals surface area contributed by atoms with E-state index in [-0.39, 0.29) is 6.54 Å². The third kappa shape index (κ3) is 3.84. The molecule has 5 rings (SSSR count). The monoisotopic (exact) mass is 462 g/mol. The molecule has 2 aliphatic heterocycles. The Kier molecular flexibility index (Phi) is 5.03. The van der Waals surface area contributed by atoms with Crippen LogP contribution in [-0.2, 0) is 11.3 Å². The quantitative estimate of drug-likeness (QED) is 0.600. The molecular weight excluding hydrogens is 444 g/mol. The molecule has 1 fully saturated rings. The number of ether oxygens (including phenoxy) is 1. The highest BCUT2D eigenvalue weighted by Crippen LogP contribution is 2.47. The minimum Gasteiger partial charge on any atom is -0.487 e. The molecule has 0 amide bonds.